The molecular weight excluding hydrogens is 408 g/mol. The first-order chi connectivity index (χ1) is 13.8. The molecular formula is C22H21ClN2O3S. The van der Waals surface area contributed by atoms with Crippen molar-refractivity contribution in [2.45, 2.75) is 18.4 Å². The average molecular weight is 429 g/mol. The zero-order chi connectivity index (χ0) is 21.0. The number of rotatable bonds is 6. The highest BCUT2D eigenvalue weighted by atomic mass is 35.5. The topological polar surface area (TPSA) is 66.5 Å². The minimum absolute atomic E-state index is 0.128. The first-order valence-electron chi connectivity index (χ1n) is 8.96. The largest absolute Gasteiger partial charge is 0.348 e. The Hall–Kier alpha value is -2.83. The quantitative estimate of drug-likeness (QED) is 0.632. The van der Waals surface area contributed by atoms with Gasteiger partial charge in [-0.2, -0.15) is 0 Å². The zero-order valence-corrected chi connectivity index (χ0v) is 17.7. The van der Waals surface area contributed by atoms with Gasteiger partial charge in [-0.15, -0.1) is 0 Å². The summed E-state index contributed by atoms with van der Waals surface area (Å²) in [6.45, 7) is 2.19. The third-order valence-corrected chi connectivity index (χ3v) is 6.62. The molecule has 0 atom stereocenters. The second kappa shape index (κ2) is 8.68. The van der Waals surface area contributed by atoms with Crippen molar-refractivity contribution in [2.24, 2.45) is 0 Å². The molecule has 7 heteroatoms. The Labute approximate surface area is 176 Å². The average Bonchev–Trinajstić information content (AvgIpc) is 2.73. The van der Waals surface area contributed by atoms with E-state index in [1.165, 1.54) is 35.6 Å². The monoisotopic (exact) mass is 428 g/mol. The Morgan fingerprint density at radius 3 is 2.31 bits per heavy atom. The highest BCUT2D eigenvalue weighted by molar-refractivity contribution is 7.92. The van der Waals surface area contributed by atoms with E-state index in [0.717, 1.165) is 11.1 Å². The summed E-state index contributed by atoms with van der Waals surface area (Å²) in [5.41, 5.74) is 2.55. The lowest BCUT2D eigenvalue weighted by Crippen LogP contribution is -2.28. The van der Waals surface area contributed by atoms with Crippen molar-refractivity contribution < 1.29 is 13.2 Å². The molecule has 1 amide bonds. The molecule has 0 radical (unpaired) electrons. The van der Waals surface area contributed by atoms with Crippen molar-refractivity contribution in [3.8, 4) is 0 Å². The number of carbonyl (C=O) groups excluding carboxylic acids is 1. The number of carbonyl (C=O) groups is 1. The van der Waals surface area contributed by atoms with E-state index in [2.05, 4.69) is 5.32 Å². The number of sulfonamides is 1. The minimum atomic E-state index is -3.79. The first kappa shape index (κ1) is 20.9. The molecule has 0 aromatic heterocycles. The Morgan fingerprint density at radius 1 is 1.00 bits per heavy atom. The van der Waals surface area contributed by atoms with Crippen molar-refractivity contribution >= 4 is 33.2 Å². The lowest BCUT2D eigenvalue weighted by Gasteiger charge is -2.22. The smallest absolute Gasteiger partial charge is 0.264 e. The third-order valence-electron chi connectivity index (χ3n) is 4.58. The van der Waals surface area contributed by atoms with Crippen LogP contribution in [0.3, 0.4) is 0 Å². The number of nitrogens with zero attached hydrogens (tertiary/aromatic N) is 1. The summed E-state index contributed by atoms with van der Waals surface area (Å²) >= 11 is 5.86. The van der Waals surface area contributed by atoms with Gasteiger partial charge in [-0.25, -0.2) is 8.42 Å². The van der Waals surface area contributed by atoms with Crippen LogP contribution in [0.5, 0.6) is 0 Å². The van der Waals surface area contributed by atoms with Crippen LogP contribution in [0.1, 0.15) is 21.5 Å². The second-order valence-electron chi connectivity index (χ2n) is 6.60. The zero-order valence-electron chi connectivity index (χ0n) is 16.1. The summed E-state index contributed by atoms with van der Waals surface area (Å²) in [6.07, 6.45) is 0. The summed E-state index contributed by atoms with van der Waals surface area (Å²) in [5, 5.41) is 3.31. The number of hydrogen-bond donors (Lipinski definition) is 1. The molecule has 0 saturated carbocycles. The van der Waals surface area contributed by atoms with Gasteiger partial charge in [0.25, 0.3) is 15.9 Å². The van der Waals surface area contributed by atoms with Gasteiger partial charge in [-0.1, -0.05) is 48.0 Å². The number of aryl methyl sites for hydroxylation is 1. The van der Waals surface area contributed by atoms with E-state index in [0.29, 0.717) is 22.8 Å². The third kappa shape index (κ3) is 4.78. The van der Waals surface area contributed by atoms with Gasteiger partial charge in [-0.3, -0.25) is 9.10 Å². The fraction of sp³-hybridized carbons (Fsp3) is 0.136. The maximum Gasteiger partial charge on any atom is 0.264 e. The normalized spacial score (nSPS) is 11.1. The molecule has 0 bridgehead atoms. The predicted octanol–water partition coefficient (Wildman–Crippen LogP) is 4.40. The van der Waals surface area contributed by atoms with Crippen molar-refractivity contribution in [1.29, 1.82) is 0 Å². The van der Waals surface area contributed by atoms with Gasteiger partial charge in [0.15, 0.2) is 0 Å². The van der Waals surface area contributed by atoms with Crippen LogP contribution in [0.2, 0.25) is 5.02 Å². The lowest BCUT2D eigenvalue weighted by atomic mass is 10.1. The van der Waals surface area contributed by atoms with Gasteiger partial charge in [0.05, 0.1) is 10.6 Å². The van der Waals surface area contributed by atoms with E-state index < -0.39 is 10.0 Å². The molecule has 0 heterocycles. The molecule has 3 aromatic rings. The fourth-order valence-corrected chi connectivity index (χ4v) is 4.24. The van der Waals surface area contributed by atoms with Crippen LogP contribution in [0.25, 0.3) is 0 Å². The van der Waals surface area contributed by atoms with E-state index in [1.54, 1.807) is 25.1 Å². The summed E-state index contributed by atoms with van der Waals surface area (Å²) in [6, 6.07) is 20.6. The molecule has 0 spiro atoms. The molecule has 0 aliphatic heterocycles. The first-order valence-corrected chi connectivity index (χ1v) is 10.8. The van der Waals surface area contributed by atoms with Crippen LogP contribution in [0.15, 0.2) is 77.7 Å². The standard InChI is InChI=1S/C22H21ClN2O3S/c1-16-8-9-18(22(26)24-15-17-6-4-3-5-7-17)14-21(16)25(2)29(27,28)20-12-10-19(23)11-13-20/h3-14H,15H2,1-2H3,(H,24,26). The molecule has 3 aromatic carbocycles. The number of halogens is 1. The molecule has 3 rings (SSSR count). The highest BCUT2D eigenvalue weighted by Gasteiger charge is 2.23. The van der Waals surface area contributed by atoms with Crippen LogP contribution in [0.4, 0.5) is 5.69 Å². The van der Waals surface area contributed by atoms with Gasteiger partial charge < -0.3 is 5.32 Å². The minimum Gasteiger partial charge on any atom is -0.348 e. The number of nitrogens with one attached hydrogen (secondary N) is 1. The molecule has 0 saturated heterocycles. The molecule has 0 fully saturated rings. The highest BCUT2D eigenvalue weighted by Crippen LogP contribution is 2.27. The number of hydrogen-bond acceptors (Lipinski definition) is 3. The van der Waals surface area contributed by atoms with Gasteiger partial charge in [-0.05, 0) is 54.4 Å². The number of anilines is 1. The van der Waals surface area contributed by atoms with Crippen molar-refractivity contribution in [3.63, 3.8) is 0 Å². The lowest BCUT2D eigenvalue weighted by molar-refractivity contribution is 0.0951. The van der Waals surface area contributed by atoms with Gasteiger partial charge in [0, 0.05) is 24.2 Å². The Kier molecular flexibility index (Phi) is 6.25. The molecule has 29 heavy (non-hydrogen) atoms. The molecule has 0 unspecified atom stereocenters. The SMILES string of the molecule is Cc1ccc(C(=O)NCc2ccccc2)cc1N(C)S(=O)(=O)c1ccc(Cl)cc1. The van der Waals surface area contributed by atoms with E-state index in [4.69, 9.17) is 11.6 Å². The number of benzene rings is 3. The molecule has 0 aliphatic carbocycles. The fourth-order valence-electron chi connectivity index (χ4n) is 2.86. The Morgan fingerprint density at radius 2 is 1.66 bits per heavy atom. The van der Waals surface area contributed by atoms with E-state index in [9.17, 15) is 13.2 Å². The molecule has 5 nitrogen and oxygen atoms in total. The van der Waals surface area contributed by atoms with Crippen LogP contribution in [0, 0.1) is 6.92 Å². The predicted molar refractivity (Wildman–Crippen MR) is 116 cm³/mol. The van der Waals surface area contributed by atoms with Gasteiger partial charge in [0.1, 0.15) is 0 Å². The van der Waals surface area contributed by atoms with Gasteiger partial charge in [0.2, 0.25) is 0 Å². The maximum atomic E-state index is 13.0. The summed E-state index contributed by atoms with van der Waals surface area (Å²) in [7, 11) is -2.32. The second-order valence-corrected chi connectivity index (χ2v) is 9.00. The summed E-state index contributed by atoms with van der Waals surface area (Å²) in [4.78, 5) is 12.7. The molecule has 0 aliphatic rings. The molecule has 1 N–H and O–H groups in total. The van der Waals surface area contributed by atoms with Crippen LogP contribution < -0.4 is 9.62 Å². The summed E-state index contributed by atoms with van der Waals surface area (Å²) in [5.74, 6) is -0.271. The Bertz CT molecular complexity index is 1110. The van der Waals surface area contributed by atoms with Crippen molar-refractivity contribution in [1.82, 2.24) is 5.32 Å². The van der Waals surface area contributed by atoms with Crippen LogP contribution in [-0.2, 0) is 16.6 Å². The van der Waals surface area contributed by atoms with Crippen molar-refractivity contribution in [2.75, 3.05) is 11.4 Å². The van der Waals surface area contributed by atoms with E-state index in [1.807, 2.05) is 30.3 Å². The van der Waals surface area contributed by atoms with Crippen LogP contribution >= 0.6 is 11.6 Å². The van der Waals surface area contributed by atoms with E-state index >= 15 is 0 Å². The molecule has 150 valence electrons. The Balaban J connectivity index is 1.84. The van der Waals surface area contributed by atoms with Crippen LogP contribution in [-0.4, -0.2) is 21.4 Å². The number of amides is 1. The van der Waals surface area contributed by atoms with Crippen molar-refractivity contribution in [3.05, 3.63) is 94.5 Å². The van der Waals surface area contributed by atoms with Gasteiger partial charge >= 0.3 is 0 Å². The van der Waals surface area contributed by atoms with E-state index in [-0.39, 0.29) is 10.8 Å². The summed E-state index contributed by atoms with van der Waals surface area (Å²) < 4.78 is 27.1. The maximum absolute atomic E-state index is 13.0.